The summed E-state index contributed by atoms with van der Waals surface area (Å²) in [4.78, 5) is 56.6. The van der Waals surface area contributed by atoms with Crippen LogP contribution in [0.25, 0.3) is 11.1 Å². The molecule has 1 N–H and O–H groups in total. The van der Waals surface area contributed by atoms with Crippen molar-refractivity contribution in [2.75, 3.05) is 18.4 Å². The lowest BCUT2D eigenvalue weighted by Gasteiger charge is -2.42. The largest absolute Gasteiger partial charge is 0.338 e. The van der Waals surface area contributed by atoms with Crippen LogP contribution in [-0.4, -0.2) is 56.0 Å². The summed E-state index contributed by atoms with van der Waals surface area (Å²) in [5.74, 6) is -0.969. The molecule has 2 aliphatic heterocycles. The first kappa shape index (κ1) is 28.6. The molecule has 0 aliphatic carbocycles. The van der Waals surface area contributed by atoms with Crippen LogP contribution in [0.15, 0.2) is 58.3 Å². The number of anilines is 1. The molecule has 9 nitrogen and oxygen atoms in total. The lowest BCUT2D eigenvalue weighted by molar-refractivity contribution is -0.135. The molecule has 2 aromatic carbocycles. The summed E-state index contributed by atoms with van der Waals surface area (Å²) in [5.41, 5.74) is 0.880. The van der Waals surface area contributed by atoms with Crippen LogP contribution < -0.4 is 16.6 Å². The number of piperidine rings is 1. The van der Waals surface area contributed by atoms with Gasteiger partial charge in [-0.05, 0) is 57.7 Å². The van der Waals surface area contributed by atoms with E-state index in [1.165, 1.54) is 29.0 Å². The molecule has 0 bridgehead atoms. The zero-order valence-corrected chi connectivity index (χ0v) is 24.0. The minimum Gasteiger partial charge on any atom is -0.338 e. The van der Waals surface area contributed by atoms with Crippen LogP contribution in [0.4, 0.5) is 14.9 Å². The van der Waals surface area contributed by atoms with Gasteiger partial charge in [-0.1, -0.05) is 41.9 Å². The fraction of sp³-hybridized carbons (Fsp3) is 0.400. The van der Waals surface area contributed by atoms with Crippen molar-refractivity contribution in [3.63, 3.8) is 0 Å². The van der Waals surface area contributed by atoms with Crippen LogP contribution in [-0.2, 0) is 17.8 Å². The van der Waals surface area contributed by atoms with Crippen LogP contribution in [0.5, 0.6) is 0 Å². The average molecular weight is 582 g/mol. The normalized spacial score (nSPS) is 19.1. The number of amides is 3. The molecule has 2 aliphatic rings. The topological polar surface area (TPSA) is 96.7 Å². The third-order valence-electron chi connectivity index (χ3n) is 8.00. The van der Waals surface area contributed by atoms with Gasteiger partial charge in [0.15, 0.2) is 0 Å². The maximum absolute atomic E-state index is 14.2. The Morgan fingerprint density at radius 1 is 1.07 bits per heavy atom. The second-order valence-electron chi connectivity index (χ2n) is 11.0. The van der Waals surface area contributed by atoms with Gasteiger partial charge < -0.3 is 15.1 Å². The van der Waals surface area contributed by atoms with Crippen molar-refractivity contribution in [1.29, 1.82) is 0 Å². The van der Waals surface area contributed by atoms with Gasteiger partial charge in [-0.25, -0.2) is 14.0 Å². The number of nitrogens with one attached hydrogen (secondary N) is 1. The third-order valence-corrected chi connectivity index (χ3v) is 8.39. The summed E-state index contributed by atoms with van der Waals surface area (Å²) in [6, 6.07) is 11.1. The number of carbonyl (C=O) groups excluding carboxylic acids is 2. The molecule has 0 saturated carbocycles. The van der Waals surface area contributed by atoms with Gasteiger partial charge in [-0.15, -0.1) is 0 Å². The first-order valence-electron chi connectivity index (χ1n) is 13.8. The summed E-state index contributed by atoms with van der Waals surface area (Å²) in [7, 11) is 0. The van der Waals surface area contributed by atoms with E-state index in [1.807, 2.05) is 36.1 Å². The van der Waals surface area contributed by atoms with E-state index in [4.69, 9.17) is 11.6 Å². The van der Waals surface area contributed by atoms with Crippen LogP contribution >= 0.6 is 11.6 Å². The first-order valence-corrected chi connectivity index (χ1v) is 14.2. The van der Waals surface area contributed by atoms with Crippen LogP contribution in [0.3, 0.4) is 0 Å². The van der Waals surface area contributed by atoms with Crippen molar-refractivity contribution in [1.82, 2.24) is 18.9 Å². The highest BCUT2D eigenvalue weighted by Crippen LogP contribution is 2.29. The number of aromatic nitrogens is 2. The lowest BCUT2D eigenvalue weighted by Crippen LogP contribution is -2.54. The van der Waals surface area contributed by atoms with Crippen molar-refractivity contribution in [2.24, 2.45) is 0 Å². The van der Waals surface area contributed by atoms with E-state index in [9.17, 15) is 23.6 Å². The molecular formula is C30H33ClFN5O4. The number of urea groups is 1. The fourth-order valence-electron chi connectivity index (χ4n) is 5.86. The molecule has 1 saturated heterocycles. The second-order valence-corrected chi connectivity index (χ2v) is 11.3. The molecule has 3 aromatic rings. The summed E-state index contributed by atoms with van der Waals surface area (Å²) < 4.78 is 16.5. The monoisotopic (exact) mass is 581 g/mol. The number of carbonyl (C=O) groups is 2. The smallest absolute Gasteiger partial charge is 0.331 e. The van der Waals surface area contributed by atoms with E-state index in [1.54, 1.807) is 18.7 Å². The standard InChI is InChI=1S/C30H33ClFN5O4/c1-18(2)37-28(39)23(22-8-6-9-24(32)27(22)31)16-34(30(37)41)17-26(38)35-14-12-21(15-19(35)3)36-13-11-20-7-4-5-10-25(20)33-29(36)40/h4-10,16,18-19,21H,11-15,17H2,1-3H3,(H,33,40)/t19-,21?/m0/s1. The van der Waals surface area contributed by atoms with Crippen LogP contribution in [0, 0.1) is 5.82 Å². The molecule has 216 valence electrons. The predicted octanol–water partition coefficient (Wildman–Crippen LogP) is 4.52. The minimum absolute atomic E-state index is 0.0318. The van der Waals surface area contributed by atoms with Gasteiger partial charge in [0, 0.05) is 48.7 Å². The fourth-order valence-corrected chi connectivity index (χ4v) is 6.09. The number of fused-ring (bicyclic) bond motifs is 1. The highest BCUT2D eigenvalue weighted by Gasteiger charge is 2.35. The minimum atomic E-state index is -0.688. The first-order chi connectivity index (χ1) is 19.6. The van der Waals surface area contributed by atoms with Gasteiger partial charge in [0.2, 0.25) is 5.91 Å². The Balaban J connectivity index is 1.35. The molecule has 0 radical (unpaired) electrons. The van der Waals surface area contributed by atoms with Crippen LogP contribution in [0.2, 0.25) is 5.02 Å². The molecule has 1 aromatic heterocycles. The quantitative estimate of drug-likeness (QED) is 0.479. The Labute approximate surface area is 242 Å². The maximum atomic E-state index is 14.2. The number of nitrogens with zero attached hydrogens (tertiary/aromatic N) is 4. The maximum Gasteiger partial charge on any atom is 0.331 e. The van der Waals surface area contributed by atoms with E-state index >= 15 is 0 Å². The van der Waals surface area contributed by atoms with Crippen LogP contribution in [0.1, 0.15) is 45.2 Å². The van der Waals surface area contributed by atoms with E-state index in [-0.39, 0.29) is 46.7 Å². The molecule has 5 rings (SSSR count). The Kier molecular flexibility index (Phi) is 8.04. The Bertz CT molecular complexity index is 1620. The molecule has 0 spiro atoms. The number of halogens is 2. The highest BCUT2D eigenvalue weighted by atomic mass is 35.5. The number of hydrogen-bond donors (Lipinski definition) is 1. The number of rotatable bonds is 5. The third kappa shape index (κ3) is 5.53. The number of benzene rings is 2. The number of para-hydroxylation sites is 1. The molecule has 41 heavy (non-hydrogen) atoms. The van der Waals surface area contributed by atoms with Crippen molar-refractivity contribution < 1.29 is 14.0 Å². The Morgan fingerprint density at radius 3 is 2.56 bits per heavy atom. The highest BCUT2D eigenvalue weighted by molar-refractivity contribution is 6.33. The Morgan fingerprint density at radius 2 is 1.83 bits per heavy atom. The number of hydrogen-bond acceptors (Lipinski definition) is 4. The van der Waals surface area contributed by atoms with E-state index in [0.717, 1.165) is 22.2 Å². The molecular weight excluding hydrogens is 549 g/mol. The zero-order chi connectivity index (χ0) is 29.4. The van der Waals surface area contributed by atoms with E-state index in [2.05, 4.69) is 5.32 Å². The van der Waals surface area contributed by atoms with Crippen molar-refractivity contribution in [2.45, 2.75) is 64.7 Å². The van der Waals surface area contributed by atoms with E-state index in [0.29, 0.717) is 25.9 Å². The zero-order valence-electron chi connectivity index (χ0n) is 23.3. The predicted molar refractivity (Wildman–Crippen MR) is 156 cm³/mol. The van der Waals surface area contributed by atoms with Gasteiger partial charge in [0.05, 0.1) is 10.6 Å². The second kappa shape index (κ2) is 11.5. The van der Waals surface area contributed by atoms with Gasteiger partial charge in [-0.3, -0.25) is 18.7 Å². The average Bonchev–Trinajstić information content (AvgIpc) is 3.09. The molecule has 1 fully saturated rings. The summed E-state index contributed by atoms with van der Waals surface area (Å²) >= 11 is 6.18. The molecule has 2 atom stereocenters. The summed E-state index contributed by atoms with van der Waals surface area (Å²) in [6.07, 6.45) is 3.23. The number of likely N-dealkylation sites (tertiary alicyclic amines) is 1. The SMILES string of the molecule is CC(C)n1c(=O)c(-c2cccc(F)c2Cl)cn(CC(=O)N2CCC(N3CCc4ccccc4NC3=O)C[C@@H]2C)c1=O. The lowest BCUT2D eigenvalue weighted by atomic mass is 9.96. The van der Waals surface area contributed by atoms with Gasteiger partial charge in [0.1, 0.15) is 12.4 Å². The van der Waals surface area contributed by atoms with Gasteiger partial charge >= 0.3 is 11.7 Å². The van der Waals surface area contributed by atoms with E-state index < -0.39 is 23.1 Å². The Hall–Kier alpha value is -3.92. The molecule has 3 amide bonds. The molecule has 3 heterocycles. The van der Waals surface area contributed by atoms with Crippen molar-refractivity contribution in [3.05, 3.63) is 85.9 Å². The molecule has 1 unspecified atom stereocenters. The van der Waals surface area contributed by atoms with Crippen molar-refractivity contribution >= 4 is 29.2 Å². The van der Waals surface area contributed by atoms with Crippen molar-refractivity contribution in [3.8, 4) is 11.1 Å². The van der Waals surface area contributed by atoms with Gasteiger partial charge in [0.25, 0.3) is 5.56 Å². The molecule has 11 heteroatoms. The van der Waals surface area contributed by atoms with Gasteiger partial charge in [-0.2, -0.15) is 0 Å². The summed E-state index contributed by atoms with van der Waals surface area (Å²) in [6.45, 7) is 6.03. The summed E-state index contributed by atoms with van der Waals surface area (Å²) in [5, 5.41) is 2.78.